The molecule has 0 fully saturated rings. The lowest BCUT2D eigenvalue weighted by Crippen LogP contribution is -2.28. The number of hydrogen-bond donors (Lipinski definition) is 1. The summed E-state index contributed by atoms with van der Waals surface area (Å²) in [6, 6.07) is 14.3. The van der Waals surface area contributed by atoms with Crippen molar-refractivity contribution in [3.8, 4) is 10.4 Å². The highest BCUT2D eigenvalue weighted by Gasteiger charge is 2.26. The fourth-order valence-electron chi connectivity index (χ4n) is 3.05. The monoisotopic (exact) mass is 452 g/mol. The van der Waals surface area contributed by atoms with Crippen LogP contribution in [0, 0.1) is 5.82 Å². The summed E-state index contributed by atoms with van der Waals surface area (Å²) in [6.45, 7) is 0. The number of benzene rings is 2. The van der Waals surface area contributed by atoms with Crippen molar-refractivity contribution < 1.29 is 18.7 Å². The highest BCUT2D eigenvalue weighted by atomic mass is 32.1. The molecule has 0 spiro atoms. The van der Waals surface area contributed by atoms with Crippen molar-refractivity contribution in [1.29, 1.82) is 0 Å². The zero-order valence-electron chi connectivity index (χ0n) is 16.8. The Balaban J connectivity index is 1.63. The van der Waals surface area contributed by atoms with Gasteiger partial charge in [0, 0.05) is 6.42 Å². The number of aromatic nitrogens is 5. The van der Waals surface area contributed by atoms with Gasteiger partial charge in [-0.25, -0.2) is 18.9 Å². The lowest BCUT2D eigenvalue weighted by Gasteiger charge is -2.15. The summed E-state index contributed by atoms with van der Waals surface area (Å²) in [5.41, 5.74) is 1.53. The molecule has 1 N–H and O–H groups in total. The summed E-state index contributed by atoms with van der Waals surface area (Å²) < 4.78 is 19.5. The fraction of sp³-hybridized carbons (Fsp3) is 0.143. The normalized spacial score (nSPS) is 11.7. The summed E-state index contributed by atoms with van der Waals surface area (Å²) in [7, 11) is 1.24. The molecular weight excluding hydrogens is 435 g/mol. The lowest BCUT2D eigenvalue weighted by molar-refractivity contribution is -0.119. The highest BCUT2D eigenvalue weighted by molar-refractivity contribution is 7.19. The highest BCUT2D eigenvalue weighted by Crippen LogP contribution is 2.34. The van der Waals surface area contributed by atoms with Gasteiger partial charge in [-0.05, 0) is 33.7 Å². The number of hydrogen-bond acceptors (Lipinski definition) is 8. The predicted octanol–water partition coefficient (Wildman–Crippen LogP) is 3.14. The largest absolute Gasteiger partial charge is 0.464 e. The van der Waals surface area contributed by atoms with E-state index in [0.29, 0.717) is 16.9 Å². The van der Waals surface area contributed by atoms with E-state index in [9.17, 15) is 14.0 Å². The minimum atomic E-state index is -0.743. The number of ether oxygens (including phenoxy) is 1. The summed E-state index contributed by atoms with van der Waals surface area (Å²) in [4.78, 5) is 30.1. The minimum Gasteiger partial charge on any atom is -0.464 e. The van der Waals surface area contributed by atoms with E-state index in [2.05, 4.69) is 25.8 Å². The number of anilines is 1. The number of thiazole rings is 1. The van der Waals surface area contributed by atoms with Crippen molar-refractivity contribution in [3.05, 3.63) is 78.0 Å². The van der Waals surface area contributed by atoms with Crippen LogP contribution in [0.15, 0.2) is 60.9 Å². The van der Waals surface area contributed by atoms with E-state index >= 15 is 0 Å². The van der Waals surface area contributed by atoms with E-state index in [0.717, 1.165) is 16.9 Å². The van der Waals surface area contributed by atoms with Gasteiger partial charge in [0.15, 0.2) is 10.8 Å². The molecular formula is C21H17FN6O3S. The molecule has 0 aliphatic rings. The van der Waals surface area contributed by atoms with Gasteiger partial charge < -0.3 is 10.1 Å². The van der Waals surface area contributed by atoms with Gasteiger partial charge in [0.05, 0.1) is 12.0 Å². The quantitative estimate of drug-likeness (QED) is 0.429. The van der Waals surface area contributed by atoms with Crippen LogP contribution in [-0.2, 0) is 16.0 Å². The van der Waals surface area contributed by atoms with Crippen molar-refractivity contribution in [2.24, 2.45) is 0 Å². The van der Waals surface area contributed by atoms with Crippen LogP contribution >= 0.6 is 11.3 Å². The van der Waals surface area contributed by atoms with Gasteiger partial charge in [-0.1, -0.05) is 53.8 Å². The Labute approximate surface area is 185 Å². The number of methoxy groups -OCH3 is 1. The second kappa shape index (κ2) is 9.43. The van der Waals surface area contributed by atoms with Crippen molar-refractivity contribution in [2.45, 2.75) is 12.5 Å². The Morgan fingerprint density at radius 3 is 2.56 bits per heavy atom. The van der Waals surface area contributed by atoms with E-state index in [4.69, 9.17) is 4.74 Å². The molecule has 9 nitrogen and oxygen atoms in total. The van der Waals surface area contributed by atoms with Crippen molar-refractivity contribution in [2.75, 3.05) is 12.4 Å². The van der Waals surface area contributed by atoms with Crippen molar-refractivity contribution in [3.63, 3.8) is 0 Å². The molecule has 0 saturated heterocycles. The third kappa shape index (κ3) is 4.67. The van der Waals surface area contributed by atoms with Crippen LogP contribution in [0.3, 0.4) is 0 Å². The Hall–Kier alpha value is -3.99. The molecule has 1 atom stereocenters. The summed E-state index contributed by atoms with van der Waals surface area (Å²) in [5.74, 6) is -1.48. The van der Waals surface area contributed by atoms with Crippen LogP contribution in [0.4, 0.5) is 9.52 Å². The maximum Gasteiger partial charge on any atom is 0.358 e. The number of nitrogens with one attached hydrogen (secondary N) is 1. The number of halogens is 1. The molecule has 2 heterocycles. The third-order valence-corrected chi connectivity index (χ3v) is 5.62. The summed E-state index contributed by atoms with van der Waals surface area (Å²) in [6.07, 6.45) is 1.70. The lowest BCUT2D eigenvalue weighted by atomic mass is 10.1. The predicted molar refractivity (Wildman–Crippen MR) is 114 cm³/mol. The molecule has 11 heteroatoms. The van der Waals surface area contributed by atoms with Gasteiger partial charge in [0.1, 0.15) is 18.2 Å². The van der Waals surface area contributed by atoms with Crippen LogP contribution in [0.5, 0.6) is 0 Å². The van der Waals surface area contributed by atoms with Crippen LogP contribution in [-0.4, -0.2) is 44.2 Å². The van der Waals surface area contributed by atoms with Gasteiger partial charge >= 0.3 is 5.97 Å². The van der Waals surface area contributed by atoms with Gasteiger partial charge in [-0.3, -0.25) is 4.79 Å². The minimum absolute atomic E-state index is 0.0291. The first-order valence-corrected chi connectivity index (χ1v) is 10.3. The zero-order valence-corrected chi connectivity index (χ0v) is 17.6. The van der Waals surface area contributed by atoms with Crippen LogP contribution < -0.4 is 5.32 Å². The van der Waals surface area contributed by atoms with E-state index < -0.39 is 23.7 Å². The molecule has 0 aliphatic heterocycles. The third-order valence-electron chi connectivity index (χ3n) is 4.60. The number of rotatable bonds is 7. The number of amides is 1. The smallest absolute Gasteiger partial charge is 0.358 e. The molecule has 32 heavy (non-hydrogen) atoms. The van der Waals surface area contributed by atoms with E-state index in [1.807, 2.05) is 30.3 Å². The van der Waals surface area contributed by atoms with E-state index in [-0.39, 0.29) is 10.8 Å². The first-order valence-electron chi connectivity index (χ1n) is 9.47. The fourth-order valence-corrected chi connectivity index (χ4v) is 4.01. The topological polar surface area (TPSA) is 112 Å². The average molecular weight is 452 g/mol. The van der Waals surface area contributed by atoms with Crippen LogP contribution in [0.2, 0.25) is 0 Å². The second-order valence-electron chi connectivity index (χ2n) is 6.68. The standard InChI is InChI=1S/C21H17FN6O3S/c1-31-20(30)17-18(14-7-9-15(22)10-8-14)32-21(24-17)25-19(29)16(28-12-23-26-27-28)11-13-5-3-2-4-6-13/h2-10,12,16H,11H2,1H3,(H,24,25,29)/t16-/m0/s1. The van der Waals surface area contributed by atoms with Gasteiger partial charge in [-0.15, -0.1) is 5.10 Å². The maximum absolute atomic E-state index is 13.3. The molecule has 2 aromatic carbocycles. The average Bonchev–Trinajstić information content (AvgIpc) is 3.48. The summed E-state index contributed by atoms with van der Waals surface area (Å²) in [5, 5.41) is 14.0. The molecule has 162 valence electrons. The number of esters is 1. The molecule has 4 rings (SSSR count). The van der Waals surface area contributed by atoms with Gasteiger partial charge in [0.2, 0.25) is 0 Å². The Morgan fingerprint density at radius 1 is 1.16 bits per heavy atom. The van der Waals surface area contributed by atoms with E-state index in [1.165, 1.54) is 42.4 Å². The Morgan fingerprint density at radius 2 is 1.91 bits per heavy atom. The zero-order chi connectivity index (χ0) is 22.5. The number of carbonyl (C=O) groups is 2. The second-order valence-corrected chi connectivity index (χ2v) is 7.68. The first kappa shape index (κ1) is 21.2. The van der Waals surface area contributed by atoms with Gasteiger partial charge in [-0.2, -0.15) is 0 Å². The number of nitrogens with zero attached hydrogens (tertiary/aromatic N) is 5. The first-order chi connectivity index (χ1) is 15.5. The van der Waals surface area contributed by atoms with E-state index in [1.54, 1.807) is 0 Å². The molecule has 0 unspecified atom stereocenters. The van der Waals surface area contributed by atoms with Crippen LogP contribution in [0.25, 0.3) is 10.4 Å². The summed E-state index contributed by atoms with van der Waals surface area (Å²) >= 11 is 1.08. The molecule has 2 aromatic heterocycles. The van der Waals surface area contributed by atoms with Crippen molar-refractivity contribution in [1.82, 2.24) is 25.2 Å². The molecule has 0 radical (unpaired) electrons. The SMILES string of the molecule is COC(=O)c1nc(NC(=O)[C@H](Cc2ccccc2)n2cnnn2)sc1-c1ccc(F)cc1. The van der Waals surface area contributed by atoms with Crippen LogP contribution in [0.1, 0.15) is 22.1 Å². The van der Waals surface area contributed by atoms with Gasteiger partial charge in [0.25, 0.3) is 5.91 Å². The number of tetrazole rings is 1. The molecule has 1 amide bonds. The molecule has 0 aliphatic carbocycles. The molecule has 4 aromatic rings. The maximum atomic E-state index is 13.3. The Kier molecular flexibility index (Phi) is 6.26. The molecule has 0 saturated carbocycles. The Bertz CT molecular complexity index is 1210. The van der Waals surface area contributed by atoms with Crippen molar-refractivity contribution >= 4 is 28.3 Å². The number of carbonyl (C=O) groups excluding carboxylic acids is 2. The molecule has 0 bridgehead atoms.